The average molecular weight is 512 g/mol. The van der Waals surface area contributed by atoms with Crippen molar-refractivity contribution in [2.24, 2.45) is 4.99 Å². The molecule has 0 amide bonds. The first-order valence-electron chi connectivity index (χ1n) is 9.03. The van der Waals surface area contributed by atoms with Gasteiger partial charge >= 0.3 is 0 Å². The van der Waals surface area contributed by atoms with Gasteiger partial charge in [0.25, 0.3) is 0 Å². The molecule has 3 rings (SSSR count). The Morgan fingerprint density at radius 3 is 2.41 bits per heavy atom. The Morgan fingerprint density at radius 2 is 1.72 bits per heavy atom. The molecule has 0 radical (unpaired) electrons. The lowest BCUT2D eigenvalue weighted by molar-refractivity contribution is 0.571. The molecule has 0 fully saturated rings. The maximum atomic E-state index is 13.2. The van der Waals surface area contributed by atoms with Crippen LogP contribution in [-0.4, -0.2) is 31.1 Å². The standard InChI is InChI=1S/C21H22F2N4O.HI/c1-24-21(25-11-9-15-3-2-4-18(23)13-15)26-12-10-19-14-28-20(27-19)16-5-7-17(22)8-6-16;/h2-8,13-14H,9-12H2,1H3,(H2,24,25,26);1H. The highest BCUT2D eigenvalue weighted by Gasteiger charge is 2.07. The van der Waals surface area contributed by atoms with Gasteiger partial charge in [-0.2, -0.15) is 0 Å². The molecule has 0 spiro atoms. The number of aromatic nitrogens is 1. The summed E-state index contributed by atoms with van der Waals surface area (Å²) in [6.07, 6.45) is 2.94. The first-order valence-corrected chi connectivity index (χ1v) is 9.03. The number of halogens is 3. The largest absolute Gasteiger partial charge is 0.444 e. The van der Waals surface area contributed by atoms with Gasteiger partial charge in [0.2, 0.25) is 5.89 Å². The number of hydrogen-bond donors (Lipinski definition) is 2. The number of hydrogen-bond acceptors (Lipinski definition) is 3. The lowest BCUT2D eigenvalue weighted by Gasteiger charge is -2.11. The molecular weight excluding hydrogens is 489 g/mol. The molecule has 1 aromatic heterocycles. The molecule has 5 nitrogen and oxygen atoms in total. The summed E-state index contributed by atoms with van der Waals surface area (Å²) in [6, 6.07) is 12.6. The highest BCUT2D eigenvalue weighted by atomic mass is 127. The predicted octanol–water partition coefficient (Wildman–Crippen LogP) is 4.19. The molecule has 0 aliphatic rings. The molecule has 1 heterocycles. The number of rotatable bonds is 7. The van der Waals surface area contributed by atoms with Gasteiger partial charge in [-0.1, -0.05) is 12.1 Å². The molecule has 0 unspecified atom stereocenters. The first kappa shape index (κ1) is 22.8. The first-order chi connectivity index (χ1) is 13.6. The summed E-state index contributed by atoms with van der Waals surface area (Å²) in [5.74, 6) is 0.606. The zero-order valence-corrected chi connectivity index (χ0v) is 18.3. The molecule has 0 saturated carbocycles. The molecule has 0 bridgehead atoms. The molecule has 2 aromatic carbocycles. The van der Waals surface area contributed by atoms with Crippen LogP contribution in [0.15, 0.2) is 64.2 Å². The van der Waals surface area contributed by atoms with Crippen LogP contribution in [0, 0.1) is 11.6 Å². The van der Waals surface area contributed by atoms with Crippen molar-refractivity contribution in [2.45, 2.75) is 12.8 Å². The zero-order chi connectivity index (χ0) is 19.8. The lowest BCUT2D eigenvalue weighted by Crippen LogP contribution is -2.39. The Kier molecular flexibility index (Phi) is 9.04. The second-order valence-electron chi connectivity index (χ2n) is 6.21. The van der Waals surface area contributed by atoms with Crippen molar-refractivity contribution in [1.82, 2.24) is 15.6 Å². The summed E-state index contributed by atoms with van der Waals surface area (Å²) in [6.45, 7) is 1.26. The van der Waals surface area contributed by atoms with Crippen LogP contribution in [0.1, 0.15) is 11.3 Å². The normalized spacial score (nSPS) is 11.1. The predicted molar refractivity (Wildman–Crippen MR) is 120 cm³/mol. The van der Waals surface area contributed by atoms with E-state index in [1.54, 1.807) is 31.5 Å². The Labute approximate surface area is 185 Å². The molecule has 29 heavy (non-hydrogen) atoms. The molecule has 0 aliphatic heterocycles. The molecular formula is C21H23F2IN4O. The number of guanidine groups is 1. The van der Waals surface area contributed by atoms with Gasteiger partial charge < -0.3 is 15.1 Å². The van der Waals surface area contributed by atoms with E-state index in [-0.39, 0.29) is 35.6 Å². The maximum absolute atomic E-state index is 13.2. The van der Waals surface area contributed by atoms with Crippen molar-refractivity contribution >= 4 is 29.9 Å². The highest BCUT2D eigenvalue weighted by Crippen LogP contribution is 2.18. The Balaban J connectivity index is 0.00000300. The van der Waals surface area contributed by atoms with E-state index < -0.39 is 0 Å². The quantitative estimate of drug-likeness (QED) is 0.283. The van der Waals surface area contributed by atoms with Gasteiger partial charge in [-0.15, -0.1) is 24.0 Å². The van der Waals surface area contributed by atoms with Crippen LogP contribution in [0.4, 0.5) is 8.78 Å². The van der Waals surface area contributed by atoms with Crippen molar-refractivity contribution in [2.75, 3.05) is 20.1 Å². The minimum Gasteiger partial charge on any atom is -0.444 e. The Bertz CT molecular complexity index is 928. The van der Waals surface area contributed by atoms with E-state index in [0.29, 0.717) is 37.8 Å². The molecule has 0 aliphatic carbocycles. The summed E-state index contributed by atoms with van der Waals surface area (Å²) in [5, 5.41) is 6.40. The third-order valence-electron chi connectivity index (χ3n) is 4.14. The number of benzene rings is 2. The smallest absolute Gasteiger partial charge is 0.226 e. The van der Waals surface area contributed by atoms with Crippen molar-refractivity contribution < 1.29 is 13.2 Å². The van der Waals surface area contributed by atoms with E-state index in [4.69, 9.17) is 4.42 Å². The maximum Gasteiger partial charge on any atom is 0.226 e. The Hall–Kier alpha value is -2.49. The summed E-state index contributed by atoms with van der Waals surface area (Å²) < 4.78 is 31.6. The van der Waals surface area contributed by atoms with Crippen LogP contribution < -0.4 is 10.6 Å². The third-order valence-corrected chi connectivity index (χ3v) is 4.14. The average Bonchev–Trinajstić information content (AvgIpc) is 3.16. The van der Waals surface area contributed by atoms with Crippen LogP contribution >= 0.6 is 24.0 Å². The van der Waals surface area contributed by atoms with Crippen molar-refractivity contribution in [3.8, 4) is 11.5 Å². The van der Waals surface area contributed by atoms with Crippen LogP contribution in [-0.2, 0) is 12.8 Å². The topological polar surface area (TPSA) is 62.5 Å². The highest BCUT2D eigenvalue weighted by molar-refractivity contribution is 14.0. The van der Waals surface area contributed by atoms with E-state index in [9.17, 15) is 8.78 Å². The van der Waals surface area contributed by atoms with E-state index in [0.717, 1.165) is 16.8 Å². The second kappa shape index (κ2) is 11.5. The van der Waals surface area contributed by atoms with Gasteiger partial charge in [-0.25, -0.2) is 13.8 Å². The monoisotopic (exact) mass is 512 g/mol. The van der Waals surface area contributed by atoms with Gasteiger partial charge in [0.15, 0.2) is 5.96 Å². The number of nitrogens with zero attached hydrogens (tertiary/aromatic N) is 2. The molecule has 0 saturated heterocycles. The van der Waals surface area contributed by atoms with Crippen LogP contribution in [0.2, 0.25) is 0 Å². The van der Waals surface area contributed by atoms with E-state index >= 15 is 0 Å². The molecule has 154 valence electrons. The molecule has 0 atom stereocenters. The van der Waals surface area contributed by atoms with Gasteiger partial charge in [-0.3, -0.25) is 4.99 Å². The minimum absolute atomic E-state index is 0. The minimum atomic E-state index is -0.295. The summed E-state index contributed by atoms with van der Waals surface area (Å²) in [7, 11) is 1.69. The molecule has 3 aromatic rings. The summed E-state index contributed by atoms with van der Waals surface area (Å²) in [4.78, 5) is 8.59. The van der Waals surface area contributed by atoms with Crippen LogP contribution in [0.5, 0.6) is 0 Å². The van der Waals surface area contributed by atoms with Gasteiger partial charge in [0, 0.05) is 32.1 Å². The fourth-order valence-corrected chi connectivity index (χ4v) is 2.69. The SMILES string of the molecule is CN=C(NCCc1cccc(F)c1)NCCc1coc(-c2ccc(F)cc2)n1.I. The summed E-state index contributed by atoms with van der Waals surface area (Å²) in [5.41, 5.74) is 2.45. The van der Waals surface area contributed by atoms with Gasteiger partial charge in [0.05, 0.1) is 5.69 Å². The fourth-order valence-electron chi connectivity index (χ4n) is 2.69. The lowest BCUT2D eigenvalue weighted by atomic mass is 10.1. The molecule has 8 heteroatoms. The molecule has 2 N–H and O–H groups in total. The number of aliphatic imine (C=N–C) groups is 1. The van der Waals surface area contributed by atoms with Crippen molar-refractivity contribution in [1.29, 1.82) is 0 Å². The van der Waals surface area contributed by atoms with Crippen LogP contribution in [0.3, 0.4) is 0 Å². The van der Waals surface area contributed by atoms with Gasteiger partial charge in [0.1, 0.15) is 17.9 Å². The van der Waals surface area contributed by atoms with Gasteiger partial charge in [-0.05, 0) is 48.4 Å². The Morgan fingerprint density at radius 1 is 1.00 bits per heavy atom. The zero-order valence-electron chi connectivity index (χ0n) is 16.0. The summed E-state index contributed by atoms with van der Waals surface area (Å²) >= 11 is 0. The van der Waals surface area contributed by atoms with Crippen molar-refractivity contribution in [3.63, 3.8) is 0 Å². The van der Waals surface area contributed by atoms with E-state index in [1.807, 2.05) is 6.07 Å². The van der Waals surface area contributed by atoms with Crippen molar-refractivity contribution in [3.05, 3.63) is 77.7 Å². The van der Waals surface area contributed by atoms with Crippen LogP contribution in [0.25, 0.3) is 11.5 Å². The van der Waals surface area contributed by atoms with E-state index in [2.05, 4.69) is 20.6 Å². The number of nitrogens with one attached hydrogen (secondary N) is 2. The second-order valence-corrected chi connectivity index (χ2v) is 6.21. The number of oxazole rings is 1. The third kappa shape index (κ3) is 7.12. The van der Waals surface area contributed by atoms with E-state index in [1.165, 1.54) is 24.3 Å². The fraction of sp³-hybridized carbons (Fsp3) is 0.238.